The molecule has 3 heteroatoms. The Morgan fingerprint density at radius 3 is 2.53 bits per heavy atom. The minimum atomic E-state index is 0.0729. The predicted molar refractivity (Wildman–Crippen MR) is 79.5 cm³/mol. The van der Waals surface area contributed by atoms with Gasteiger partial charge in [-0.1, -0.05) is 39.0 Å². The van der Waals surface area contributed by atoms with Crippen LogP contribution in [-0.4, -0.2) is 30.4 Å². The molecular weight excluding hydrogens is 236 g/mol. The third-order valence-electron chi connectivity index (χ3n) is 4.65. The van der Waals surface area contributed by atoms with E-state index in [1.165, 1.54) is 0 Å². The summed E-state index contributed by atoms with van der Waals surface area (Å²) in [6.07, 6.45) is 0. The second-order valence-electron chi connectivity index (χ2n) is 5.84. The van der Waals surface area contributed by atoms with Crippen LogP contribution < -0.4 is 4.74 Å². The van der Waals surface area contributed by atoms with E-state index in [9.17, 15) is 0 Å². The van der Waals surface area contributed by atoms with Crippen molar-refractivity contribution in [1.29, 1.82) is 0 Å². The van der Waals surface area contributed by atoms with E-state index < -0.39 is 0 Å². The molecule has 104 valence electrons. The smallest absolute Gasteiger partial charge is 0.129 e. The highest BCUT2D eigenvalue weighted by Gasteiger charge is 2.46. The number of benzene rings is 1. The van der Waals surface area contributed by atoms with Crippen LogP contribution in [0.1, 0.15) is 27.7 Å². The van der Waals surface area contributed by atoms with Gasteiger partial charge in [0.25, 0.3) is 0 Å². The third kappa shape index (κ3) is 2.46. The zero-order chi connectivity index (χ0) is 14.0. The van der Waals surface area contributed by atoms with E-state index in [0.29, 0.717) is 18.6 Å². The molecule has 0 radical (unpaired) electrons. The maximum atomic E-state index is 5.87. The van der Waals surface area contributed by atoms with Crippen LogP contribution in [0.2, 0.25) is 0 Å². The second kappa shape index (κ2) is 5.24. The Bertz CT molecular complexity index is 455. The van der Waals surface area contributed by atoms with Crippen molar-refractivity contribution in [1.82, 2.24) is 5.01 Å². The zero-order valence-corrected chi connectivity index (χ0v) is 12.6. The van der Waals surface area contributed by atoms with Gasteiger partial charge in [-0.2, -0.15) is 5.10 Å². The van der Waals surface area contributed by atoms with Crippen LogP contribution in [0.5, 0.6) is 5.75 Å². The Morgan fingerprint density at radius 1 is 1.32 bits per heavy atom. The fraction of sp³-hybridized carbons (Fsp3) is 0.562. The van der Waals surface area contributed by atoms with Gasteiger partial charge in [-0.3, -0.25) is 5.01 Å². The quantitative estimate of drug-likeness (QED) is 0.828. The highest BCUT2D eigenvalue weighted by molar-refractivity contribution is 5.93. The van der Waals surface area contributed by atoms with Gasteiger partial charge in [0, 0.05) is 12.5 Å². The number of hydrogen-bond acceptors (Lipinski definition) is 3. The van der Waals surface area contributed by atoms with Gasteiger partial charge in [-0.15, -0.1) is 0 Å². The number of ether oxygens (including phenoxy) is 1. The molecular formula is C16H24N2O. The van der Waals surface area contributed by atoms with Crippen molar-refractivity contribution in [2.45, 2.75) is 33.7 Å². The Balaban J connectivity index is 2.12. The third-order valence-corrected chi connectivity index (χ3v) is 4.65. The van der Waals surface area contributed by atoms with Gasteiger partial charge in [-0.05, 0) is 25.0 Å². The Labute approximate surface area is 116 Å². The summed E-state index contributed by atoms with van der Waals surface area (Å²) in [5.41, 5.74) is 1.21. The molecule has 0 saturated heterocycles. The molecule has 0 fully saturated rings. The monoisotopic (exact) mass is 260 g/mol. The number of para-hydroxylation sites is 1. The predicted octanol–water partition coefficient (Wildman–Crippen LogP) is 3.42. The molecule has 2 unspecified atom stereocenters. The Morgan fingerprint density at radius 2 is 1.95 bits per heavy atom. The van der Waals surface area contributed by atoms with Gasteiger partial charge in [0.05, 0.1) is 11.8 Å². The molecule has 0 amide bonds. The molecule has 0 aliphatic carbocycles. The molecule has 1 aromatic carbocycles. The first kappa shape index (κ1) is 13.9. The van der Waals surface area contributed by atoms with E-state index in [0.717, 1.165) is 11.5 Å². The van der Waals surface area contributed by atoms with E-state index in [-0.39, 0.29) is 5.41 Å². The summed E-state index contributed by atoms with van der Waals surface area (Å²) in [6.45, 7) is 9.60. The Hall–Kier alpha value is -1.51. The summed E-state index contributed by atoms with van der Waals surface area (Å²) in [5.74, 6) is 1.43. The first-order valence-corrected chi connectivity index (χ1v) is 6.95. The van der Waals surface area contributed by atoms with Crippen molar-refractivity contribution in [3.05, 3.63) is 30.3 Å². The molecule has 2 atom stereocenters. The lowest BCUT2D eigenvalue weighted by atomic mass is 9.71. The number of hydrogen-bond donors (Lipinski definition) is 0. The van der Waals surface area contributed by atoms with Gasteiger partial charge in [-0.25, -0.2) is 0 Å². The summed E-state index contributed by atoms with van der Waals surface area (Å²) in [6, 6.07) is 10.3. The molecule has 2 rings (SSSR count). The summed E-state index contributed by atoms with van der Waals surface area (Å²) < 4.78 is 5.87. The van der Waals surface area contributed by atoms with Crippen LogP contribution in [0.4, 0.5) is 0 Å². The summed E-state index contributed by atoms with van der Waals surface area (Å²) >= 11 is 0. The topological polar surface area (TPSA) is 24.8 Å². The molecule has 3 nitrogen and oxygen atoms in total. The van der Waals surface area contributed by atoms with Gasteiger partial charge >= 0.3 is 0 Å². The summed E-state index contributed by atoms with van der Waals surface area (Å²) in [4.78, 5) is 0. The summed E-state index contributed by atoms with van der Waals surface area (Å²) in [7, 11) is 2.04. The van der Waals surface area contributed by atoms with Crippen molar-refractivity contribution in [2.24, 2.45) is 16.4 Å². The Kier molecular flexibility index (Phi) is 3.83. The minimum absolute atomic E-state index is 0.0729. The molecule has 0 saturated carbocycles. The SMILES string of the molecule is CC(C)C1(C)C(COc2ccccc2)=NN(C)C1C. The normalized spacial score (nSPS) is 26.7. The average molecular weight is 260 g/mol. The molecule has 19 heavy (non-hydrogen) atoms. The van der Waals surface area contributed by atoms with Crippen LogP contribution >= 0.6 is 0 Å². The fourth-order valence-electron chi connectivity index (χ4n) is 2.68. The minimum Gasteiger partial charge on any atom is -0.488 e. The van der Waals surface area contributed by atoms with Gasteiger partial charge < -0.3 is 4.74 Å². The van der Waals surface area contributed by atoms with Gasteiger partial charge in [0.15, 0.2) is 0 Å². The first-order valence-electron chi connectivity index (χ1n) is 6.95. The number of nitrogens with zero attached hydrogens (tertiary/aromatic N) is 2. The second-order valence-corrected chi connectivity index (χ2v) is 5.84. The summed E-state index contributed by atoms with van der Waals surface area (Å²) in [5, 5.41) is 6.74. The molecule has 1 aromatic rings. The lowest BCUT2D eigenvalue weighted by Crippen LogP contribution is -2.44. The number of rotatable bonds is 4. The van der Waals surface area contributed by atoms with E-state index in [1.807, 2.05) is 37.4 Å². The first-order chi connectivity index (χ1) is 8.96. The number of hydrazone groups is 1. The highest BCUT2D eigenvalue weighted by Crippen LogP contribution is 2.40. The van der Waals surface area contributed by atoms with Crippen molar-refractivity contribution in [3.8, 4) is 5.75 Å². The van der Waals surface area contributed by atoms with Gasteiger partial charge in [0.1, 0.15) is 12.4 Å². The zero-order valence-electron chi connectivity index (χ0n) is 12.6. The van der Waals surface area contributed by atoms with Crippen LogP contribution in [-0.2, 0) is 0 Å². The molecule has 0 aromatic heterocycles. The van der Waals surface area contributed by atoms with Crippen molar-refractivity contribution >= 4 is 5.71 Å². The van der Waals surface area contributed by atoms with Crippen molar-refractivity contribution in [3.63, 3.8) is 0 Å². The molecule has 1 aliphatic rings. The van der Waals surface area contributed by atoms with E-state index in [4.69, 9.17) is 4.74 Å². The highest BCUT2D eigenvalue weighted by atomic mass is 16.5. The molecule has 0 N–H and O–H groups in total. The average Bonchev–Trinajstić information content (AvgIpc) is 2.63. The maximum Gasteiger partial charge on any atom is 0.129 e. The lowest BCUT2D eigenvalue weighted by Gasteiger charge is -2.36. The van der Waals surface area contributed by atoms with E-state index >= 15 is 0 Å². The van der Waals surface area contributed by atoms with Crippen LogP contribution in [0.25, 0.3) is 0 Å². The van der Waals surface area contributed by atoms with Crippen molar-refractivity contribution in [2.75, 3.05) is 13.7 Å². The lowest BCUT2D eigenvalue weighted by molar-refractivity contribution is 0.162. The van der Waals surface area contributed by atoms with Crippen LogP contribution in [0.3, 0.4) is 0 Å². The van der Waals surface area contributed by atoms with Crippen LogP contribution in [0, 0.1) is 11.3 Å². The standard InChI is InChI=1S/C16H24N2O/c1-12(2)16(4)13(3)18(5)17-15(16)11-19-14-9-7-6-8-10-14/h6-10,12-13H,11H2,1-5H3. The maximum absolute atomic E-state index is 5.87. The largest absolute Gasteiger partial charge is 0.488 e. The molecule has 0 bridgehead atoms. The molecule has 1 aliphatic heterocycles. The van der Waals surface area contributed by atoms with Crippen molar-refractivity contribution < 1.29 is 4.74 Å². The molecule has 1 heterocycles. The fourth-order valence-corrected chi connectivity index (χ4v) is 2.68. The van der Waals surface area contributed by atoms with Gasteiger partial charge in [0.2, 0.25) is 0 Å². The van der Waals surface area contributed by atoms with Crippen LogP contribution in [0.15, 0.2) is 35.4 Å². The van der Waals surface area contributed by atoms with E-state index in [1.54, 1.807) is 0 Å². The van der Waals surface area contributed by atoms with E-state index in [2.05, 4.69) is 37.8 Å². The molecule has 0 spiro atoms.